The van der Waals surface area contributed by atoms with E-state index in [9.17, 15) is 9.90 Å². The Morgan fingerprint density at radius 3 is 2.72 bits per heavy atom. The summed E-state index contributed by atoms with van der Waals surface area (Å²) < 4.78 is 1.47. The van der Waals surface area contributed by atoms with E-state index in [0.717, 1.165) is 17.5 Å². The maximum atomic E-state index is 11.3. The number of aromatic carboxylic acids is 1. The zero-order chi connectivity index (χ0) is 13.3. The van der Waals surface area contributed by atoms with Crippen molar-refractivity contribution in [2.45, 2.75) is 24.0 Å². The van der Waals surface area contributed by atoms with Crippen LogP contribution in [0.5, 0.6) is 0 Å². The van der Waals surface area contributed by atoms with Gasteiger partial charge < -0.3 is 5.11 Å². The van der Waals surface area contributed by atoms with Crippen LogP contribution in [0.15, 0.2) is 16.2 Å². The Kier molecular flexibility index (Phi) is 3.28. The van der Waals surface area contributed by atoms with Gasteiger partial charge in [-0.15, -0.1) is 5.10 Å². The van der Waals surface area contributed by atoms with Crippen LogP contribution >= 0.6 is 11.8 Å². The number of aromatic nitrogens is 5. The van der Waals surface area contributed by atoms with E-state index in [-0.39, 0.29) is 5.56 Å². The van der Waals surface area contributed by atoms with Gasteiger partial charge in [0.1, 0.15) is 5.03 Å². The molecule has 0 aliphatic heterocycles. The number of hydrogen-bond donors (Lipinski definition) is 1. The van der Waals surface area contributed by atoms with Crippen LogP contribution in [0.1, 0.15) is 21.6 Å². The summed E-state index contributed by atoms with van der Waals surface area (Å²) in [6, 6.07) is 1.74. The summed E-state index contributed by atoms with van der Waals surface area (Å²) in [5.74, 6) is -1.00. The monoisotopic (exact) mass is 265 g/mol. The van der Waals surface area contributed by atoms with E-state index in [1.165, 1.54) is 4.68 Å². The van der Waals surface area contributed by atoms with Gasteiger partial charge in [0.05, 0.1) is 5.56 Å². The largest absolute Gasteiger partial charge is 0.478 e. The maximum Gasteiger partial charge on any atom is 0.338 e. The molecule has 0 aliphatic rings. The lowest BCUT2D eigenvalue weighted by Crippen LogP contribution is -2.06. The molecule has 0 amide bonds. The van der Waals surface area contributed by atoms with Gasteiger partial charge in [0.15, 0.2) is 0 Å². The number of carbonyl (C=O) groups is 1. The molecule has 94 valence electrons. The molecule has 0 saturated carbocycles. The molecule has 2 aromatic rings. The second kappa shape index (κ2) is 4.73. The number of carboxylic acid groups (broad SMARTS) is 1. The summed E-state index contributed by atoms with van der Waals surface area (Å²) in [5, 5.41) is 21.1. The van der Waals surface area contributed by atoms with Gasteiger partial charge in [-0.3, -0.25) is 0 Å². The van der Waals surface area contributed by atoms with E-state index in [4.69, 9.17) is 0 Å². The molecule has 2 rings (SSSR count). The van der Waals surface area contributed by atoms with Crippen molar-refractivity contribution in [2.24, 2.45) is 7.05 Å². The van der Waals surface area contributed by atoms with Crippen LogP contribution in [0.2, 0.25) is 0 Å². The van der Waals surface area contributed by atoms with Gasteiger partial charge in [-0.2, -0.15) is 0 Å². The van der Waals surface area contributed by atoms with Crippen LogP contribution in [0.3, 0.4) is 0 Å². The standard InChI is InChI=1S/C10H11N5O2S/c1-5-4-6(2)11-8(7(5)9(16)17)18-10-12-13-14-15(10)3/h4H,1-3H3,(H,16,17). The van der Waals surface area contributed by atoms with Gasteiger partial charge in [-0.1, -0.05) is 0 Å². The minimum Gasteiger partial charge on any atom is -0.478 e. The molecule has 0 saturated heterocycles. The van der Waals surface area contributed by atoms with Crippen molar-refractivity contribution < 1.29 is 9.90 Å². The lowest BCUT2D eigenvalue weighted by atomic mass is 10.1. The fourth-order valence-electron chi connectivity index (χ4n) is 1.53. The SMILES string of the molecule is Cc1cc(C)c(C(=O)O)c(Sc2nnnn2C)n1. The Balaban J connectivity index is 2.49. The zero-order valence-corrected chi connectivity index (χ0v) is 10.9. The quantitative estimate of drug-likeness (QED) is 0.887. The average molecular weight is 265 g/mol. The highest BCUT2D eigenvalue weighted by Gasteiger charge is 2.18. The summed E-state index contributed by atoms with van der Waals surface area (Å²) in [6.07, 6.45) is 0. The minimum absolute atomic E-state index is 0.189. The molecule has 0 fully saturated rings. The zero-order valence-electron chi connectivity index (χ0n) is 10.1. The second-order valence-electron chi connectivity index (χ2n) is 3.75. The Morgan fingerprint density at radius 2 is 2.17 bits per heavy atom. The molecule has 0 aromatic carbocycles. The summed E-state index contributed by atoms with van der Waals surface area (Å²) in [6.45, 7) is 3.56. The third-order valence-corrected chi connectivity index (χ3v) is 3.31. The highest BCUT2D eigenvalue weighted by molar-refractivity contribution is 7.99. The van der Waals surface area contributed by atoms with Crippen molar-refractivity contribution in [1.29, 1.82) is 0 Å². The molecule has 2 aromatic heterocycles. The van der Waals surface area contributed by atoms with Crippen molar-refractivity contribution >= 4 is 17.7 Å². The molecule has 0 bridgehead atoms. The van der Waals surface area contributed by atoms with Crippen molar-refractivity contribution in [3.8, 4) is 0 Å². The van der Waals surface area contributed by atoms with Gasteiger partial charge >= 0.3 is 5.97 Å². The molecule has 8 heteroatoms. The molecule has 0 spiro atoms. The number of pyridine rings is 1. The third kappa shape index (κ3) is 2.33. The first-order valence-electron chi connectivity index (χ1n) is 5.10. The van der Waals surface area contributed by atoms with Gasteiger partial charge in [0.25, 0.3) is 0 Å². The number of aryl methyl sites for hydroxylation is 3. The first-order valence-corrected chi connectivity index (χ1v) is 5.92. The summed E-state index contributed by atoms with van der Waals surface area (Å²) in [7, 11) is 1.69. The first-order chi connectivity index (χ1) is 8.49. The number of tetrazole rings is 1. The van der Waals surface area contributed by atoms with Gasteiger partial charge in [-0.25, -0.2) is 14.5 Å². The van der Waals surface area contributed by atoms with E-state index in [2.05, 4.69) is 20.5 Å². The van der Waals surface area contributed by atoms with Crippen LogP contribution in [-0.2, 0) is 7.05 Å². The van der Waals surface area contributed by atoms with E-state index in [1.54, 1.807) is 20.0 Å². The highest BCUT2D eigenvalue weighted by Crippen LogP contribution is 2.28. The summed E-state index contributed by atoms with van der Waals surface area (Å²) >= 11 is 1.14. The lowest BCUT2D eigenvalue weighted by molar-refractivity contribution is 0.0691. The Morgan fingerprint density at radius 1 is 1.44 bits per heavy atom. The Hall–Kier alpha value is -1.96. The van der Waals surface area contributed by atoms with E-state index < -0.39 is 5.97 Å². The van der Waals surface area contributed by atoms with Crippen LogP contribution in [0, 0.1) is 13.8 Å². The van der Waals surface area contributed by atoms with Gasteiger partial charge in [-0.05, 0) is 47.7 Å². The molecule has 2 heterocycles. The third-order valence-electron chi connectivity index (χ3n) is 2.29. The van der Waals surface area contributed by atoms with Crippen LogP contribution in [0.25, 0.3) is 0 Å². The molecular formula is C10H11N5O2S. The molecule has 0 atom stereocenters. The number of hydrogen-bond acceptors (Lipinski definition) is 6. The van der Waals surface area contributed by atoms with Gasteiger partial charge in [0, 0.05) is 12.7 Å². The summed E-state index contributed by atoms with van der Waals surface area (Å²) in [4.78, 5) is 15.5. The molecule has 0 aliphatic carbocycles. The number of carboxylic acids is 1. The molecule has 0 unspecified atom stereocenters. The van der Waals surface area contributed by atoms with Crippen molar-refractivity contribution in [2.75, 3.05) is 0 Å². The molecule has 1 N–H and O–H groups in total. The van der Waals surface area contributed by atoms with Crippen molar-refractivity contribution in [1.82, 2.24) is 25.2 Å². The lowest BCUT2D eigenvalue weighted by Gasteiger charge is -2.08. The second-order valence-corrected chi connectivity index (χ2v) is 4.71. The molecular weight excluding hydrogens is 254 g/mol. The normalized spacial score (nSPS) is 10.6. The maximum absolute atomic E-state index is 11.3. The predicted molar refractivity (Wildman–Crippen MR) is 63.6 cm³/mol. The van der Waals surface area contributed by atoms with Crippen molar-refractivity contribution in [3.63, 3.8) is 0 Å². The smallest absolute Gasteiger partial charge is 0.338 e. The van der Waals surface area contributed by atoms with E-state index in [0.29, 0.717) is 15.7 Å². The van der Waals surface area contributed by atoms with Crippen LogP contribution in [-0.4, -0.2) is 36.3 Å². The van der Waals surface area contributed by atoms with E-state index >= 15 is 0 Å². The number of rotatable bonds is 3. The number of nitrogens with zero attached hydrogens (tertiary/aromatic N) is 5. The summed E-state index contributed by atoms with van der Waals surface area (Å²) in [5.41, 5.74) is 1.62. The van der Waals surface area contributed by atoms with Crippen LogP contribution in [0.4, 0.5) is 0 Å². The Bertz CT molecular complexity index is 610. The average Bonchev–Trinajstić information content (AvgIpc) is 2.62. The highest BCUT2D eigenvalue weighted by atomic mass is 32.2. The van der Waals surface area contributed by atoms with E-state index in [1.807, 2.05) is 6.92 Å². The minimum atomic E-state index is -1.00. The fourth-order valence-corrected chi connectivity index (χ4v) is 2.49. The van der Waals surface area contributed by atoms with Crippen LogP contribution < -0.4 is 0 Å². The van der Waals surface area contributed by atoms with Crippen molar-refractivity contribution in [3.05, 3.63) is 22.9 Å². The first kappa shape index (κ1) is 12.5. The molecule has 7 nitrogen and oxygen atoms in total. The van der Waals surface area contributed by atoms with Gasteiger partial charge in [0.2, 0.25) is 5.16 Å². The topological polar surface area (TPSA) is 93.8 Å². The predicted octanol–water partition coefficient (Wildman–Crippen LogP) is 1.07. The molecule has 18 heavy (non-hydrogen) atoms. The Labute approximate surface area is 107 Å². The molecule has 0 radical (unpaired) electrons. The fraction of sp³-hybridized carbons (Fsp3) is 0.300.